The highest BCUT2D eigenvalue weighted by Gasteiger charge is 2.11. The first-order valence-corrected chi connectivity index (χ1v) is 8.06. The fourth-order valence-electron chi connectivity index (χ4n) is 2.61. The van der Waals surface area contributed by atoms with Gasteiger partial charge in [-0.3, -0.25) is 14.9 Å². The summed E-state index contributed by atoms with van der Waals surface area (Å²) in [6.07, 6.45) is 0. The molecule has 0 spiro atoms. The van der Waals surface area contributed by atoms with Crippen molar-refractivity contribution in [3.63, 3.8) is 0 Å². The minimum Gasteiger partial charge on any atom is -0.293 e. The van der Waals surface area contributed by atoms with Gasteiger partial charge in [-0.15, -0.1) is 5.10 Å². The number of rotatable bonds is 4. The Balaban J connectivity index is 1.83. The predicted molar refractivity (Wildman–Crippen MR) is 95.2 cm³/mol. The molecular weight excluding hydrogens is 334 g/mol. The van der Waals surface area contributed by atoms with Crippen LogP contribution in [-0.2, 0) is 11.3 Å². The van der Waals surface area contributed by atoms with Gasteiger partial charge in [0.15, 0.2) is 5.82 Å². The van der Waals surface area contributed by atoms with Gasteiger partial charge in [-0.25, -0.2) is 19.3 Å². The summed E-state index contributed by atoms with van der Waals surface area (Å²) in [5.74, 6) is 0.232. The Morgan fingerprint density at radius 2 is 1.69 bits per heavy atom. The monoisotopic (exact) mass is 353 g/mol. The van der Waals surface area contributed by atoms with Crippen molar-refractivity contribution in [3.05, 3.63) is 57.4 Å². The number of anilines is 1. The summed E-state index contributed by atoms with van der Waals surface area (Å²) in [6.45, 7) is 7.14. The van der Waals surface area contributed by atoms with E-state index in [-0.39, 0.29) is 18.1 Å². The summed E-state index contributed by atoms with van der Waals surface area (Å²) >= 11 is 0. The van der Waals surface area contributed by atoms with Crippen molar-refractivity contribution in [3.8, 4) is 5.82 Å². The van der Waals surface area contributed by atoms with Gasteiger partial charge in [-0.2, -0.15) is 5.10 Å². The lowest BCUT2D eigenvalue weighted by Crippen LogP contribution is -2.30. The lowest BCUT2D eigenvalue weighted by Gasteiger charge is -2.09. The van der Waals surface area contributed by atoms with E-state index >= 15 is 0 Å². The van der Waals surface area contributed by atoms with Crippen molar-refractivity contribution >= 4 is 11.9 Å². The first-order valence-electron chi connectivity index (χ1n) is 8.06. The molecule has 0 radical (unpaired) electrons. The van der Waals surface area contributed by atoms with Crippen LogP contribution in [0.1, 0.15) is 22.8 Å². The molecule has 3 aromatic rings. The van der Waals surface area contributed by atoms with E-state index in [1.807, 2.05) is 33.8 Å². The summed E-state index contributed by atoms with van der Waals surface area (Å²) in [6, 6.07) is 6.64. The van der Waals surface area contributed by atoms with Crippen molar-refractivity contribution in [2.24, 2.45) is 0 Å². The summed E-state index contributed by atoms with van der Waals surface area (Å²) in [5, 5.41) is 11.2. The number of amides is 1. The molecule has 0 saturated carbocycles. The molecule has 0 saturated heterocycles. The second-order valence-corrected chi connectivity index (χ2v) is 6.05. The Labute approximate surface area is 149 Å². The van der Waals surface area contributed by atoms with Gasteiger partial charge in [-0.05, 0) is 45.9 Å². The zero-order valence-electron chi connectivity index (χ0n) is 15.0. The molecule has 0 aromatic carbocycles. The first-order chi connectivity index (χ1) is 12.3. The van der Waals surface area contributed by atoms with Gasteiger partial charge >= 0.3 is 0 Å². The van der Waals surface area contributed by atoms with Crippen LogP contribution in [0.25, 0.3) is 5.82 Å². The van der Waals surface area contributed by atoms with E-state index in [0.717, 1.165) is 27.5 Å². The third-order valence-corrected chi connectivity index (χ3v) is 3.61. The number of hydrogen-bond acceptors (Lipinski definition) is 6. The molecule has 0 aliphatic rings. The molecular formula is C17H19N7O2. The van der Waals surface area contributed by atoms with Gasteiger partial charge in [0.25, 0.3) is 5.56 Å². The fourth-order valence-corrected chi connectivity index (χ4v) is 2.61. The van der Waals surface area contributed by atoms with Crippen molar-refractivity contribution < 1.29 is 4.79 Å². The molecule has 0 aliphatic carbocycles. The van der Waals surface area contributed by atoms with E-state index in [2.05, 4.69) is 25.5 Å². The molecule has 1 amide bonds. The summed E-state index contributed by atoms with van der Waals surface area (Å²) in [5.41, 5.74) is 2.83. The molecule has 9 nitrogen and oxygen atoms in total. The zero-order valence-corrected chi connectivity index (χ0v) is 15.0. The normalized spacial score (nSPS) is 10.8. The highest BCUT2D eigenvalue weighted by molar-refractivity contribution is 5.88. The largest absolute Gasteiger partial charge is 0.293 e. The maximum Gasteiger partial charge on any atom is 0.267 e. The summed E-state index contributed by atoms with van der Waals surface area (Å²) in [4.78, 5) is 32.6. The fraction of sp³-hybridized carbons (Fsp3) is 0.294. The quantitative estimate of drug-likeness (QED) is 0.752. The summed E-state index contributed by atoms with van der Waals surface area (Å²) < 4.78 is 2.71. The number of carbonyl (C=O) groups is 1. The first kappa shape index (κ1) is 17.5. The molecule has 1 N–H and O–H groups in total. The molecule has 9 heteroatoms. The van der Waals surface area contributed by atoms with Crippen LogP contribution >= 0.6 is 0 Å². The van der Waals surface area contributed by atoms with Gasteiger partial charge in [0.2, 0.25) is 11.9 Å². The van der Waals surface area contributed by atoms with E-state index < -0.39 is 5.91 Å². The minimum atomic E-state index is -0.435. The Morgan fingerprint density at radius 3 is 2.31 bits per heavy atom. The smallest absolute Gasteiger partial charge is 0.267 e. The van der Waals surface area contributed by atoms with Crippen LogP contribution in [0.4, 0.5) is 5.95 Å². The zero-order chi connectivity index (χ0) is 18.8. The van der Waals surface area contributed by atoms with Crippen molar-refractivity contribution in [1.29, 1.82) is 0 Å². The van der Waals surface area contributed by atoms with Crippen LogP contribution < -0.4 is 10.9 Å². The topological polar surface area (TPSA) is 108 Å². The number of nitrogens with one attached hydrogen (secondary N) is 1. The predicted octanol–water partition coefficient (Wildman–Crippen LogP) is 1.09. The standard InChI is InChI=1S/C17H19N7O2/c1-10-7-11(2)19-17(18-10)20-15(25)9-23-16(26)6-5-14(22-23)24-13(4)8-12(3)21-24/h5-8H,9H2,1-4H3,(H,18,19,20,25). The molecule has 3 rings (SSSR count). The SMILES string of the molecule is Cc1cc(C)nc(NC(=O)Cn2nc(-n3nc(C)cc3C)ccc2=O)n1. The van der Waals surface area contributed by atoms with Gasteiger partial charge < -0.3 is 0 Å². The van der Waals surface area contributed by atoms with E-state index in [1.165, 1.54) is 6.07 Å². The third kappa shape index (κ3) is 3.82. The average molecular weight is 353 g/mol. The molecule has 0 unspecified atom stereocenters. The van der Waals surface area contributed by atoms with Crippen LogP contribution in [0.15, 0.2) is 29.1 Å². The number of aryl methyl sites for hydroxylation is 4. The van der Waals surface area contributed by atoms with Gasteiger partial charge in [0, 0.05) is 23.1 Å². The Morgan fingerprint density at radius 1 is 1.00 bits per heavy atom. The van der Waals surface area contributed by atoms with Gasteiger partial charge in [0.1, 0.15) is 6.54 Å². The second kappa shape index (κ2) is 6.87. The third-order valence-electron chi connectivity index (χ3n) is 3.61. The lowest BCUT2D eigenvalue weighted by molar-refractivity contribution is -0.117. The minimum absolute atomic E-state index is 0.204. The number of hydrogen-bond donors (Lipinski definition) is 1. The molecule has 26 heavy (non-hydrogen) atoms. The van der Waals surface area contributed by atoms with Crippen LogP contribution in [0.2, 0.25) is 0 Å². The molecule has 0 aliphatic heterocycles. The van der Waals surface area contributed by atoms with Crippen molar-refractivity contribution in [2.75, 3.05) is 5.32 Å². The maximum absolute atomic E-state index is 12.3. The Kier molecular flexibility index (Phi) is 4.61. The Bertz CT molecular complexity index is 1020. The highest BCUT2D eigenvalue weighted by atomic mass is 16.2. The van der Waals surface area contributed by atoms with Crippen LogP contribution in [-0.4, -0.2) is 35.4 Å². The Hall–Kier alpha value is -3.36. The molecule has 0 bridgehead atoms. The molecule has 3 aromatic heterocycles. The van der Waals surface area contributed by atoms with E-state index in [4.69, 9.17) is 0 Å². The van der Waals surface area contributed by atoms with E-state index in [0.29, 0.717) is 5.82 Å². The average Bonchev–Trinajstić information content (AvgIpc) is 2.87. The number of nitrogens with zero attached hydrogens (tertiary/aromatic N) is 6. The molecule has 0 atom stereocenters. The lowest BCUT2D eigenvalue weighted by atomic mass is 10.4. The highest BCUT2D eigenvalue weighted by Crippen LogP contribution is 2.08. The number of aromatic nitrogens is 6. The van der Waals surface area contributed by atoms with Crippen molar-refractivity contribution in [2.45, 2.75) is 34.2 Å². The van der Waals surface area contributed by atoms with Crippen molar-refractivity contribution in [1.82, 2.24) is 29.5 Å². The van der Waals surface area contributed by atoms with E-state index in [1.54, 1.807) is 16.8 Å². The van der Waals surface area contributed by atoms with Crippen LogP contribution in [0.3, 0.4) is 0 Å². The second-order valence-electron chi connectivity index (χ2n) is 6.05. The van der Waals surface area contributed by atoms with Crippen LogP contribution in [0.5, 0.6) is 0 Å². The van der Waals surface area contributed by atoms with Crippen LogP contribution in [0, 0.1) is 27.7 Å². The molecule has 134 valence electrons. The summed E-state index contributed by atoms with van der Waals surface area (Å²) in [7, 11) is 0. The van der Waals surface area contributed by atoms with Gasteiger partial charge in [-0.1, -0.05) is 0 Å². The van der Waals surface area contributed by atoms with E-state index in [9.17, 15) is 9.59 Å². The molecule has 0 fully saturated rings. The van der Waals surface area contributed by atoms with Gasteiger partial charge in [0.05, 0.1) is 5.69 Å². The maximum atomic E-state index is 12.3. The number of carbonyl (C=O) groups excluding carboxylic acids is 1. The molecule has 3 heterocycles.